The van der Waals surface area contributed by atoms with Gasteiger partial charge in [0.2, 0.25) is 0 Å². The van der Waals surface area contributed by atoms with Crippen molar-refractivity contribution in [2.75, 3.05) is 12.4 Å². The Balaban J connectivity index is 1.74. The lowest BCUT2D eigenvalue weighted by atomic mass is 9.82. The Bertz CT molecular complexity index is 1200. The molecule has 198 valence electrons. The molecule has 1 aromatic heterocycles. The van der Waals surface area contributed by atoms with Crippen molar-refractivity contribution in [2.45, 2.75) is 77.3 Å². The summed E-state index contributed by atoms with van der Waals surface area (Å²) in [5.74, 6) is 1.01. The minimum absolute atomic E-state index is 0.0811. The number of carboxylic acid groups (broad SMARTS) is 1. The van der Waals surface area contributed by atoms with Gasteiger partial charge in [0.1, 0.15) is 17.3 Å². The van der Waals surface area contributed by atoms with Crippen molar-refractivity contribution >= 4 is 29.5 Å². The molecule has 1 aliphatic heterocycles. The van der Waals surface area contributed by atoms with Gasteiger partial charge in [0.25, 0.3) is 5.91 Å². The SMILES string of the molecule is COc1cccc(-c2nc3n(c2NC(C)(C)C)C=CCC=C3C(=O)NC(CC(=O)O)C2CCCCC2)c1. The number of nitrogens with one attached hydrogen (secondary N) is 2. The van der Waals surface area contributed by atoms with Gasteiger partial charge in [-0.25, -0.2) is 4.98 Å². The maximum Gasteiger partial charge on any atom is 0.305 e. The highest BCUT2D eigenvalue weighted by molar-refractivity contribution is 6.19. The van der Waals surface area contributed by atoms with E-state index in [9.17, 15) is 14.7 Å². The van der Waals surface area contributed by atoms with Crippen molar-refractivity contribution in [2.24, 2.45) is 5.92 Å². The number of aliphatic carboxylic acids is 1. The third-order valence-electron chi connectivity index (χ3n) is 6.88. The molecule has 8 nitrogen and oxygen atoms in total. The molecule has 2 aliphatic rings. The van der Waals surface area contributed by atoms with Crippen LogP contribution in [0.15, 0.2) is 36.4 Å². The fourth-order valence-corrected chi connectivity index (χ4v) is 5.16. The zero-order valence-electron chi connectivity index (χ0n) is 22.2. The molecule has 4 rings (SSSR count). The second kappa shape index (κ2) is 11.2. The van der Waals surface area contributed by atoms with Crippen LogP contribution in [-0.4, -0.2) is 45.2 Å². The number of benzene rings is 1. The second-order valence-electron chi connectivity index (χ2n) is 10.9. The van der Waals surface area contributed by atoms with Crippen LogP contribution in [0.1, 0.15) is 71.5 Å². The molecule has 1 aromatic carbocycles. The van der Waals surface area contributed by atoms with E-state index in [2.05, 4.69) is 31.4 Å². The number of anilines is 1. The normalized spacial score (nSPS) is 16.8. The van der Waals surface area contributed by atoms with Gasteiger partial charge in [-0.3, -0.25) is 14.2 Å². The third kappa shape index (κ3) is 6.42. The number of nitrogens with zero attached hydrogens (tertiary/aromatic N) is 2. The van der Waals surface area contributed by atoms with E-state index in [0.717, 1.165) is 49.2 Å². The first-order valence-electron chi connectivity index (χ1n) is 13.1. The molecule has 0 saturated heterocycles. The number of hydrogen-bond donors (Lipinski definition) is 3. The summed E-state index contributed by atoms with van der Waals surface area (Å²) in [5.41, 5.74) is 1.76. The number of carboxylic acids is 1. The topological polar surface area (TPSA) is 105 Å². The van der Waals surface area contributed by atoms with Crippen molar-refractivity contribution < 1.29 is 19.4 Å². The van der Waals surface area contributed by atoms with E-state index in [0.29, 0.717) is 23.5 Å². The maximum atomic E-state index is 13.7. The summed E-state index contributed by atoms with van der Waals surface area (Å²) in [6.07, 6.45) is 11.5. The van der Waals surface area contributed by atoms with E-state index in [1.807, 2.05) is 47.2 Å². The molecule has 0 bridgehead atoms. The van der Waals surface area contributed by atoms with Crippen LogP contribution in [0.5, 0.6) is 5.75 Å². The van der Waals surface area contributed by atoms with Crippen LogP contribution in [0.2, 0.25) is 0 Å². The lowest BCUT2D eigenvalue weighted by Crippen LogP contribution is -2.43. The summed E-state index contributed by atoms with van der Waals surface area (Å²) < 4.78 is 7.36. The summed E-state index contributed by atoms with van der Waals surface area (Å²) in [7, 11) is 1.63. The highest BCUT2D eigenvalue weighted by Crippen LogP contribution is 2.36. The molecule has 37 heavy (non-hydrogen) atoms. The first kappa shape index (κ1) is 26.5. The minimum atomic E-state index is -0.897. The van der Waals surface area contributed by atoms with Gasteiger partial charge in [0.15, 0.2) is 5.82 Å². The monoisotopic (exact) mass is 506 g/mol. The smallest absolute Gasteiger partial charge is 0.305 e. The highest BCUT2D eigenvalue weighted by Gasteiger charge is 2.31. The summed E-state index contributed by atoms with van der Waals surface area (Å²) in [6, 6.07) is 7.29. The summed E-state index contributed by atoms with van der Waals surface area (Å²) in [6.45, 7) is 6.23. The Morgan fingerprint density at radius 3 is 2.65 bits per heavy atom. The fourth-order valence-electron chi connectivity index (χ4n) is 5.16. The van der Waals surface area contributed by atoms with E-state index in [-0.39, 0.29) is 23.8 Å². The van der Waals surface area contributed by atoms with Gasteiger partial charge in [-0.1, -0.05) is 43.5 Å². The molecule has 2 aromatic rings. The Labute approximate surface area is 218 Å². The van der Waals surface area contributed by atoms with Crippen LogP contribution in [0.4, 0.5) is 5.82 Å². The number of allylic oxidation sites excluding steroid dienone is 2. The van der Waals surface area contributed by atoms with Gasteiger partial charge in [-0.05, 0) is 58.1 Å². The van der Waals surface area contributed by atoms with Crippen LogP contribution in [0, 0.1) is 5.92 Å². The number of aromatic nitrogens is 2. The lowest BCUT2D eigenvalue weighted by Gasteiger charge is -2.30. The average Bonchev–Trinajstić information content (AvgIpc) is 3.05. The van der Waals surface area contributed by atoms with Gasteiger partial charge in [0, 0.05) is 23.3 Å². The van der Waals surface area contributed by atoms with Crippen molar-refractivity contribution in [3.8, 4) is 17.0 Å². The number of fused-ring (bicyclic) bond motifs is 1. The van der Waals surface area contributed by atoms with E-state index in [4.69, 9.17) is 9.72 Å². The van der Waals surface area contributed by atoms with Gasteiger partial charge in [-0.15, -0.1) is 0 Å². The first-order chi connectivity index (χ1) is 17.7. The molecule has 0 radical (unpaired) electrons. The predicted octanol–water partition coefficient (Wildman–Crippen LogP) is 5.57. The molecule has 1 fully saturated rings. The van der Waals surface area contributed by atoms with E-state index < -0.39 is 12.0 Å². The molecule has 1 atom stereocenters. The largest absolute Gasteiger partial charge is 0.497 e. The average molecular weight is 507 g/mol. The van der Waals surface area contributed by atoms with Crippen LogP contribution in [-0.2, 0) is 9.59 Å². The van der Waals surface area contributed by atoms with E-state index in [1.54, 1.807) is 7.11 Å². The maximum absolute atomic E-state index is 13.7. The highest BCUT2D eigenvalue weighted by atomic mass is 16.5. The molecular weight excluding hydrogens is 468 g/mol. The van der Waals surface area contributed by atoms with Crippen LogP contribution >= 0.6 is 0 Å². The van der Waals surface area contributed by atoms with Gasteiger partial charge in [0.05, 0.1) is 19.1 Å². The number of ether oxygens (including phenoxy) is 1. The van der Waals surface area contributed by atoms with Gasteiger partial charge < -0.3 is 20.5 Å². The number of carbonyl (C=O) groups excluding carboxylic acids is 1. The number of methoxy groups -OCH3 is 1. The predicted molar refractivity (Wildman–Crippen MR) is 146 cm³/mol. The summed E-state index contributed by atoms with van der Waals surface area (Å²) in [4.78, 5) is 30.3. The first-order valence-corrected chi connectivity index (χ1v) is 13.1. The molecule has 2 heterocycles. The molecule has 0 spiro atoms. The molecule has 1 aliphatic carbocycles. The second-order valence-corrected chi connectivity index (χ2v) is 10.9. The Kier molecular flexibility index (Phi) is 8.05. The fraction of sp³-hybridized carbons (Fsp3) is 0.483. The molecular formula is C29H38N4O4. The standard InChI is InChI=1S/C29H38N4O4/c1-29(2,3)32-27-25(20-13-10-14-21(17-20)37-4)31-26-22(15-8-9-16-33(26)27)28(36)30-23(18-24(34)35)19-11-6-5-7-12-19/h9-10,13-17,19,23,32H,5-8,11-12,18H2,1-4H3,(H,30,36)(H,34,35). The number of rotatable bonds is 8. The van der Waals surface area contributed by atoms with Crippen LogP contribution in [0.25, 0.3) is 23.0 Å². The summed E-state index contributed by atoms with van der Waals surface area (Å²) >= 11 is 0. The molecule has 1 unspecified atom stereocenters. The molecule has 3 N–H and O–H groups in total. The third-order valence-corrected chi connectivity index (χ3v) is 6.88. The molecule has 8 heteroatoms. The lowest BCUT2D eigenvalue weighted by molar-refractivity contribution is -0.138. The number of hydrogen-bond acceptors (Lipinski definition) is 5. The molecule has 1 saturated carbocycles. The quantitative estimate of drug-likeness (QED) is 0.432. The van der Waals surface area contributed by atoms with Crippen LogP contribution < -0.4 is 15.4 Å². The Hall–Kier alpha value is -3.55. The zero-order valence-corrected chi connectivity index (χ0v) is 22.2. The van der Waals surface area contributed by atoms with Crippen molar-refractivity contribution in [1.82, 2.24) is 14.9 Å². The van der Waals surface area contributed by atoms with Gasteiger partial charge >= 0.3 is 5.97 Å². The summed E-state index contributed by atoms with van der Waals surface area (Å²) in [5, 5.41) is 16.2. The molecule has 1 amide bonds. The van der Waals surface area contributed by atoms with Crippen molar-refractivity contribution in [3.05, 3.63) is 42.2 Å². The number of amides is 1. The van der Waals surface area contributed by atoms with Gasteiger partial charge in [-0.2, -0.15) is 0 Å². The van der Waals surface area contributed by atoms with Crippen molar-refractivity contribution in [1.29, 1.82) is 0 Å². The Morgan fingerprint density at radius 2 is 1.97 bits per heavy atom. The van der Waals surface area contributed by atoms with E-state index >= 15 is 0 Å². The van der Waals surface area contributed by atoms with E-state index in [1.165, 1.54) is 0 Å². The zero-order chi connectivity index (χ0) is 26.6. The number of carbonyl (C=O) groups is 2. The Morgan fingerprint density at radius 1 is 1.22 bits per heavy atom. The minimum Gasteiger partial charge on any atom is -0.497 e. The number of imidazole rings is 1. The van der Waals surface area contributed by atoms with Crippen LogP contribution in [0.3, 0.4) is 0 Å². The van der Waals surface area contributed by atoms with Crippen molar-refractivity contribution in [3.63, 3.8) is 0 Å².